The first-order valence-corrected chi connectivity index (χ1v) is 7.63. The largest absolute Gasteiger partial charge is 0.397 e. The lowest BCUT2D eigenvalue weighted by atomic mass is 10.1. The number of anilines is 2. The number of nitrogen functional groups attached to an aromatic ring is 1. The average molecular weight is 380 g/mol. The minimum absolute atomic E-state index is 0.0128. The van der Waals surface area contributed by atoms with Gasteiger partial charge in [0, 0.05) is 15.7 Å². The third-order valence-electron chi connectivity index (χ3n) is 3.01. The highest BCUT2D eigenvalue weighted by Gasteiger charge is 2.18. The summed E-state index contributed by atoms with van der Waals surface area (Å²) in [5, 5.41) is 0. The Labute approximate surface area is 132 Å². The predicted octanol–water partition coefficient (Wildman–Crippen LogP) is 3.93. The van der Waals surface area contributed by atoms with E-state index in [-0.39, 0.29) is 5.91 Å². The van der Waals surface area contributed by atoms with E-state index in [1.165, 1.54) is 0 Å². The minimum atomic E-state index is -0.0128. The Kier molecular flexibility index (Phi) is 5.00. The molecule has 0 saturated heterocycles. The number of rotatable bonds is 4. The second-order valence-electron chi connectivity index (χ2n) is 4.52. The van der Waals surface area contributed by atoms with Crippen molar-refractivity contribution in [2.24, 2.45) is 0 Å². The van der Waals surface area contributed by atoms with E-state index in [9.17, 15) is 4.79 Å². The Hall–Kier alpha value is -1.56. The SMILES string of the molecule is CCCN(C(=O)c1ccc(I)cc1)c1ccccc1N. The fourth-order valence-corrected chi connectivity index (χ4v) is 2.40. The Morgan fingerprint density at radius 3 is 2.40 bits per heavy atom. The van der Waals surface area contributed by atoms with Gasteiger partial charge in [0.1, 0.15) is 0 Å². The van der Waals surface area contributed by atoms with Crippen molar-refractivity contribution in [3.63, 3.8) is 0 Å². The lowest BCUT2D eigenvalue weighted by Crippen LogP contribution is -2.32. The number of hydrogen-bond donors (Lipinski definition) is 1. The van der Waals surface area contributed by atoms with Gasteiger partial charge in [-0.3, -0.25) is 4.79 Å². The van der Waals surface area contributed by atoms with Crippen LogP contribution >= 0.6 is 22.6 Å². The maximum Gasteiger partial charge on any atom is 0.258 e. The van der Waals surface area contributed by atoms with Crippen LogP contribution in [0.15, 0.2) is 48.5 Å². The first kappa shape index (κ1) is 14.8. The third kappa shape index (κ3) is 3.30. The van der Waals surface area contributed by atoms with E-state index in [4.69, 9.17) is 5.73 Å². The molecular weight excluding hydrogens is 363 g/mol. The van der Waals surface area contributed by atoms with Gasteiger partial charge in [0.25, 0.3) is 5.91 Å². The van der Waals surface area contributed by atoms with Gasteiger partial charge in [0.15, 0.2) is 0 Å². The Morgan fingerprint density at radius 1 is 1.15 bits per heavy atom. The van der Waals surface area contributed by atoms with Crippen LogP contribution in [0.4, 0.5) is 11.4 Å². The zero-order chi connectivity index (χ0) is 14.5. The molecule has 104 valence electrons. The van der Waals surface area contributed by atoms with Crippen LogP contribution in [-0.4, -0.2) is 12.5 Å². The monoisotopic (exact) mass is 380 g/mol. The molecule has 0 unspecified atom stereocenters. The molecule has 3 nitrogen and oxygen atoms in total. The predicted molar refractivity (Wildman–Crippen MR) is 92.0 cm³/mol. The molecule has 0 spiro atoms. The van der Waals surface area contributed by atoms with Crippen LogP contribution in [0.1, 0.15) is 23.7 Å². The van der Waals surface area contributed by atoms with Crippen molar-refractivity contribution in [2.75, 3.05) is 17.2 Å². The zero-order valence-electron chi connectivity index (χ0n) is 11.3. The van der Waals surface area contributed by atoms with E-state index in [1.807, 2.05) is 55.5 Å². The summed E-state index contributed by atoms with van der Waals surface area (Å²) in [6.07, 6.45) is 0.879. The minimum Gasteiger partial charge on any atom is -0.397 e. The number of hydrogen-bond acceptors (Lipinski definition) is 2. The molecule has 2 aromatic carbocycles. The molecule has 2 N–H and O–H groups in total. The van der Waals surface area contributed by atoms with Gasteiger partial charge in [-0.2, -0.15) is 0 Å². The molecule has 0 aliphatic carbocycles. The van der Waals surface area contributed by atoms with Crippen molar-refractivity contribution >= 4 is 39.9 Å². The number of halogens is 1. The number of carbonyl (C=O) groups is 1. The highest BCUT2D eigenvalue weighted by atomic mass is 127. The van der Waals surface area contributed by atoms with Crippen molar-refractivity contribution in [3.8, 4) is 0 Å². The van der Waals surface area contributed by atoms with Gasteiger partial charge >= 0.3 is 0 Å². The van der Waals surface area contributed by atoms with Crippen LogP contribution in [0.3, 0.4) is 0 Å². The van der Waals surface area contributed by atoms with Gasteiger partial charge in [-0.25, -0.2) is 0 Å². The molecule has 2 rings (SSSR count). The molecule has 0 radical (unpaired) electrons. The normalized spacial score (nSPS) is 10.3. The molecule has 1 amide bonds. The third-order valence-corrected chi connectivity index (χ3v) is 3.73. The number of benzene rings is 2. The van der Waals surface area contributed by atoms with Gasteiger partial charge in [-0.15, -0.1) is 0 Å². The van der Waals surface area contributed by atoms with E-state index in [0.717, 1.165) is 15.7 Å². The van der Waals surface area contributed by atoms with E-state index in [1.54, 1.807) is 4.90 Å². The fourth-order valence-electron chi connectivity index (χ4n) is 2.04. The number of nitrogens with zero attached hydrogens (tertiary/aromatic N) is 1. The van der Waals surface area contributed by atoms with E-state index in [0.29, 0.717) is 17.8 Å². The van der Waals surface area contributed by atoms with Gasteiger partial charge in [0.2, 0.25) is 0 Å². The van der Waals surface area contributed by atoms with Gasteiger partial charge in [-0.1, -0.05) is 19.1 Å². The zero-order valence-corrected chi connectivity index (χ0v) is 13.5. The van der Waals surface area contributed by atoms with E-state index < -0.39 is 0 Å². The highest BCUT2D eigenvalue weighted by Crippen LogP contribution is 2.24. The summed E-state index contributed by atoms with van der Waals surface area (Å²) in [4.78, 5) is 14.4. The second-order valence-corrected chi connectivity index (χ2v) is 5.77. The molecular formula is C16H17IN2O. The van der Waals surface area contributed by atoms with Crippen molar-refractivity contribution in [1.29, 1.82) is 0 Å². The lowest BCUT2D eigenvalue weighted by Gasteiger charge is -2.23. The Balaban J connectivity index is 2.36. The average Bonchev–Trinajstić information content (AvgIpc) is 2.46. The van der Waals surface area contributed by atoms with Gasteiger partial charge in [0.05, 0.1) is 11.4 Å². The van der Waals surface area contributed by atoms with Crippen LogP contribution in [-0.2, 0) is 0 Å². The van der Waals surface area contributed by atoms with Crippen molar-refractivity contribution < 1.29 is 4.79 Å². The van der Waals surface area contributed by atoms with E-state index >= 15 is 0 Å². The topological polar surface area (TPSA) is 46.3 Å². The number of nitrogens with two attached hydrogens (primary N) is 1. The van der Waals surface area contributed by atoms with Crippen LogP contribution in [0.25, 0.3) is 0 Å². The smallest absolute Gasteiger partial charge is 0.258 e. The Morgan fingerprint density at radius 2 is 1.80 bits per heavy atom. The summed E-state index contributed by atoms with van der Waals surface area (Å²) < 4.78 is 1.11. The van der Waals surface area contributed by atoms with Gasteiger partial charge in [-0.05, 0) is 65.4 Å². The molecule has 0 heterocycles. The molecule has 2 aromatic rings. The number of carbonyl (C=O) groups excluding carboxylic acids is 1. The highest BCUT2D eigenvalue weighted by molar-refractivity contribution is 14.1. The molecule has 0 atom stereocenters. The molecule has 0 bridgehead atoms. The van der Waals surface area contributed by atoms with Crippen LogP contribution in [0, 0.1) is 3.57 Å². The second kappa shape index (κ2) is 6.74. The summed E-state index contributed by atoms with van der Waals surface area (Å²) in [5.74, 6) is -0.0128. The molecule has 0 saturated carbocycles. The quantitative estimate of drug-likeness (QED) is 0.646. The molecule has 0 aromatic heterocycles. The maximum absolute atomic E-state index is 12.7. The van der Waals surface area contributed by atoms with E-state index in [2.05, 4.69) is 22.6 Å². The summed E-state index contributed by atoms with van der Waals surface area (Å²) in [5.41, 5.74) is 8.08. The standard InChI is InChI=1S/C16H17IN2O/c1-2-11-19(15-6-4-3-5-14(15)18)16(20)12-7-9-13(17)10-8-12/h3-10H,2,11,18H2,1H3. The maximum atomic E-state index is 12.7. The Bertz CT molecular complexity index is 596. The molecule has 20 heavy (non-hydrogen) atoms. The van der Waals surface area contributed by atoms with Crippen LogP contribution in [0.5, 0.6) is 0 Å². The van der Waals surface area contributed by atoms with Crippen LogP contribution in [0.2, 0.25) is 0 Å². The molecule has 0 fully saturated rings. The first-order valence-electron chi connectivity index (χ1n) is 6.55. The van der Waals surface area contributed by atoms with Crippen molar-refractivity contribution in [2.45, 2.75) is 13.3 Å². The van der Waals surface area contributed by atoms with Crippen LogP contribution < -0.4 is 10.6 Å². The first-order chi connectivity index (χ1) is 9.63. The summed E-state index contributed by atoms with van der Waals surface area (Å²) in [7, 11) is 0. The lowest BCUT2D eigenvalue weighted by molar-refractivity contribution is 0.0987. The molecule has 4 heteroatoms. The number of amides is 1. The molecule has 0 aliphatic heterocycles. The summed E-state index contributed by atoms with van der Waals surface area (Å²) >= 11 is 2.23. The summed E-state index contributed by atoms with van der Waals surface area (Å²) in [6.45, 7) is 2.70. The van der Waals surface area contributed by atoms with Crippen molar-refractivity contribution in [3.05, 3.63) is 57.7 Å². The molecule has 0 aliphatic rings. The fraction of sp³-hybridized carbons (Fsp3) is 0.188. The summed E-state index contributed by atoms with van der Waals surface area (Å²) in [6, 6.07) is 15.1. The van der Waals surface area contributed by atoms with Crippen molar-refractivity contribution in [1.82, 2.24) is 0 Å². The number of para-hydroxylation sites is 2. The van der Waals surface area contributed by atoms with Gasteiger partial charge < -0.3 is 10.6 Å².